The number of Topliss-reactive ketones (excluding diaryl/α,β-unsaturated/α-hetero) is 1. The second-order valence-corrected chi connectivity index (χ2v) is 10.9. The molecular weight excluding hydrogens is 480 g/mol. The number of ether oxygens (including phenoxy) is 1. The maximum absolute atomic E-state index is 17.0. The number of ketones is 2. The molecule has 1 N–H and O–H groups in total. The molecule has 9 nitrogen and oxygen atoms in total. The quantitative estimate of drug-likeness (QED) is 0.228. The summed E-state index contributed by atoms with van der Waals surface area (Å²) in [6.07, 6.45) is 1.28. The van der Waals surface area contributed by atoms with E-state index < -0.39 is 64.1 Å². The van der Waals surface area contributed by atoms with E-state index in [-0.39, 0.29) is 49.6 Å². The number of carbonyl (C=O) groups is 3. The molecule has 3 fully saturated rings. The molecule has 0 aromatic heterocycles. The van der Waals surface area contributed by atoms with Crippen molar-refractivity contribution in [2.24, 2.45) is 28.6 Å². The first-order valence-corrected chi connectivity index (χ1v) is 12.3. The number of nitrogens with zero attached hydrogens (tertiary/aromatic N) is 1. The standard InChI is InChI=1S/C25H31F2NO8/c1-23-12-21(31)25(27)17(11-19(26)18-10-14(29)7-8-24(18,25)2)15(23)5-6-16(23)20(30)13-35-22(32)4-3-9-36-28(33)34/h7-8,10,15-17,19,21,31H,3-6,9,11-13H2,1-2H3/t15?,16?,17?,19-,21?,23?,24?,25-/m0/s1. The van der Waals surface area contributed by atoms with Gasteiger partial charge in [-0.1, -0.05) is 13.0 Å². The number of hydrogen-bond acceptors (Lipinski definition) is 8. The van der Waals surface area contributed by atoms with Crippen LogP contribution in [0.5, 0.6) is 0 Å². The number of aliphatic hydroxyl groups is 1. The Hall–Kier alpha value is -2.69. The maximum atomic E-state index is 17.0. The predicted molar refractivity (Wildman–Crippen MR) is 120 cm³/mol. The molecule has 4 rings (SSSR count). The summed E-state index contributed by atoms with van der Waals surface area (Å²) in [4.78, 5) is 51.1. The van der Waals surface area contributed by atoms with E-state index in [1.165, 1.54) is 19.1 Å². The molecule has 0 aliphatic heterocycles. The van der Waals surface area contributed by atoms with Crippen molar-refractivity contribution in [3.05, 3.63) is 33.9 Å². The third-order valence-corrected chi connectivity index (χ3v) is 9.11. The zero-order valence-electron chi connectivity index (χ0n) is 20.3. The van der Waals surface area contributed by atoms with E-state index in [0.717, 1.165) is 6.08 Å². The van der Waals surface area contributed by atoms with Crippen LogP contribution in [0, 0.1) is 38.7 Å². The zero-order chi connectivity index (χ0) is 26.5. The fourth-order valence-electron chi connectivity index (χ4n) is 7.41. The largest absolute Gasteiger partial charge is 0.458 e. The minimum Gasteiger partial charge on any atom is -0.458 e. The molecule has 0 saturated heterocycles. The highest BCUT2D eigenvalue weighted by molar-refractivity contribution is 6.01. The second kappa shape index (κ2) is 9.32. The van der Waals surface area contributed by atoms with E-state index >= 15 is 8.78 Å². The monoisotopic (exact) mass is 511 g/mol. The first kappa shape index (κ1) is 26.4. The van der Waals surface area contributed by atoms with Crippen LogP contribution in [-0.4, -0.2) is 58.9 Å². The fourth-order valence-corrected chi connectivity index (χ4v) is 7.41. The molecule has 0 amide bonds. The van der Waals surface area contributed by atoms with Crippen LogP contribution in [-0.2, 0) is 24.0 Å². The lowest BCUT2D eigenvalue weighted by molar-refractivity contribution is -0.757. The first-order valence-electron chi connectivity index (χ1n) is 12.3. The van der Waals surface area contributed by atoms with Gasteiger partial charge in [0.25, 0.3) is 5.09 Å². The Balaban J connectivity index is 1.48. The average Bonchev–Trinajstić information content (AvgIpc) is 3.15. The molecule has 0 radical (unpaired) electrons. The molecule has 0 aromatic rings. The van der Waals surface area contributed by atoms with Crippen molar-refractivity contribution in [3.8, 4) is 0 Å². The highest BCUT2D eigenvalue weighted by Crippen LogP contribution is 2.69. The lowest BCUT2D eigenvalue weighted by Gasteiger charge is -2.62. The third kappa shape index (κ3) is 4.05. The Morgan fingerprint density at radius 1 is 1.28 bits per heavy atom. The van der Waals surface area contributed by atoms with E-state index in [0.29, 0.717) is 12.8 Å². The summed E-state index contributed by atoms with van der Waals surface area (Å²) in [6, 6.07) is 0. The smallest absolute Gasteiger partial charge is 0.306 e. The van der Waals surface area contributed by atoms with Gasteiger partial charge in [0.05, 0.1) is 12.7 Å². The van der Waals surface area contributed by atoms with Crippen LogP contribution in [0.3, 0.4) is 0 Å². The van der Waals surface area contributed by atoms with Gasteiger partial charge < -0.3 is 14.7 Å². The van der Waals surface area contributed by atoms with E-state index in [1.807, 2.05) is 6.92 Å². The van der Waals surface area contributed by atoms with Crippen molar-refractivity contribution in [1.29, 1.82) is 0 Å². The van der Waals surface area contributed by atoms with E-state index in [1.54, 1.807) is 0 Å². The lowest BCUT2D eigenvalue weighted by Crippen LogP contribution is -2.68. The maximum Gasteiger partial charge on any atom is 0.306 e. The number of esters is 1. The molecule has 0 spiro atoms. The lowest BCUT2D eigenvalue weighted by atomic mass is 9.45. The second-order valence-electron chi connectivity index (χ2n) is 10.9. The zero-order valence-corrected chi connectivity index (χ0v) is 20.3. The van der Waals surface area contributed by atoms with Crippen LogP contribution in [0.2, 0.25) is 0 Å². The summed E-state index contributed by atoms with van der Waals surface area (Å²) < 4.78 is 37.4. The van der Waals surface area contributed by atoms with Gasteiger partial charge in [0, 0.05) is 23.7 Å². The van der Waals surface area contributed by atoms with Crippen LogP contribution in [0.15, 0.2) is 23.8 Å². The van der Waals surface area contributed by atoms with Crippen molar-refractivity contribution in [2.45, 2.75) is 70.3 Å². The summed E-state index contributed by atoms with van der Waals surface area (Å²) in [5.74, 6) is -3.29. The third-order valence-electron chi connectivity index (χ3n) is 9.11. The van der Waals surface area contributed by atoms with Crippen LogP contribution in [0.1, 0.15) is 52.4 Å². The van der Waals surface area contributed by atoms with Gasteiger partial charge in [-0.2, -0.15) is 0 Å². The van der Waals surface area contributed by atoms with Gasteiger partial charge in [0.1, 0.15) is 12.8 Å². The highest BCUT2D eigenvalue weighted by atomic mass is 19.1. The molecule has 6 unspecified atom stereocenters. The number of aliphatic hydroxyl groups excluding tert-OH is 1. The number of rotatable bonds is 8. The van der Waals surface area contributed by atoms with Gasteiger partial charge >= 0.3 is 5.97 Å². The molecule has 4 aliphatic carbocycles. The van der Waals surface area contributed by atoms with Gasteiger partial charge in [-0.3, -0.25) is 14.4 Å². The first-order chi connectivity index (χ1) is 16.8. The number of fused-ring (bicyclic) bond motifs is 5. The summed E-state index contributed by atoms with van der Waals surface area (Å²) in [6.45, 7) is 2.58. The van der Waals surface area contributed by atoms with E-state index in [4.69, 9.17) is 4.74 Å². The van der Waals surface area contributed by atoms with Gasteiger partial charge in [-0.05, 0) is 68.1 Å². The molecule has 0 bridgehead atoms. The molecule has 4 aliphatic rings. The van der Waals surface area contributed by atoms with Crippen molar-refractivity contribution < 1.29 is 42.9 Å². The average molecular weight is 512 g/mol. The number of carbonyl (C=O) groups excluding carboxylic acids is 3. The molecule has 198 valence electrons. The van der Waals surface area contributed by atoms with Crippen LogP contribution in [0.4, 0.5) is 8.78 Å². The normalized spacial score (nSPS) is 41.0. The Morgan fingerprint density at radius 3 is 2.69 bits per heavy atom. The van der Waals surface area contributed by atoms with E-state index in [9.17, 15) is 29.6 Å². The van der Waals surface area contributed by atoms with Crippen molar-refractivity contribution >= 4 is 17.5 Å². The van der Waals surface area contributed by atoms with E-state index in [2.05, 4.69) is 4.84 Å². The van der Waals surface area contributed by atoms with Gasteiger partial charge in [-0.25, -0.2) is 8.78 Å². The van der Waals surface area contributed by atoms with Gasteiger partial charge in [0.15, 0.2) is 17.2 Å². The minimum absolute atomic E-state index is 0.0190. The molecule has 3 saturated carbocycles. The van der Waals surface area contributed by atoms with Gasteiger partial charge in [-0.15, -0.1) is 10.1 Å². The molecular formula is C25H31F2NO8. The molecule has 0 heterocycles. The Bertz CT molecular complexity index is 1030. The number of halogens is 2. The minimum atomic E-state index is -2.20. The van der Waals surface area contributed by atoms with Crippen molar-refractivity contribution in [3.63, 3.8) is 0 Å². The Kier molecular flexibility index (Phi) is 6.83. The Labute approximate surface area is 207 Å². The summed E-state index contributed by atoms with van der Waals surface area (Å²) in [7, 11) is 0. The molecule has 36 heavy (non-hydrogen) atoms. The number of alkyl halides is 2. The van der Waals surface area contributed by atoms with Gasteiger partial charge in [0.2, 0.25) is 0 Å². The summed E-state index contributed by atoms with van der Waals surface area (Å²) in [5, 5.41) is 20.4. The Morgan fingerprint density at radius 2 is 2.00 bits per heavy atom. The van der Waals surface area contributed by atoms with Crippen LogP contribution in [0.25, 0.3) is 0 Å². The van der Waals surface area contributed by atoms with Crippen molar-refractivity contribution in [2.75, 3.05) is 13.2 Å². The fraction of sp³-hybridized carbons (Fsp3) is 0.720. The molecule has 11 heteroatoms. The van der Waals surface area contributed by atoms with Crippen LogP contribution < -0.4 is 0 Å². The predicted octanol–water partition coefficient (Wildman–Crippen LogP) is 3.02. The molecule has 0 aromatic carbocycles. The van der Waals surface area contributed by atoms with Crippen molar-refractivity contribution in [1.82, 2.24) is 0 Å². The summed E-state index contributed by atoms with van der Waals surface area (Å²) in [5.41, 5.74) is -4.43. The summed E-state index contributed by atoms with van der Waals surface area (Å²) >= 11 is 0. The highest BCUT2D eigenvalue weighted by Gasteiger charge is 2.72. The molecule has 8 atom stereocenters. The SMILES string of the molecule is CC12CC(O)[C@@]3(F)C(C[C@H](F)C4=CC(=O)C=CC43C)C1CCC2C(=O)COC(=O)CCCO[N+](=O)[O-]. The topological polar surface area (TPSA) is 133 Å². The number of hydrogen-bond donors (Lipinski definition) is 1. The number of allylic oxidation sites excluding steroid dienone is 4. The van der Waals surface area contributed by atoms with Crippen LogP contribution >= 0.6 is 0 Å².